The van der Waals surface area contributed by atoms with Crippen molar-refractivity contribution in [2.45, 2.75) is 3.79 Å². The normalized spacial score (nSPS) is 10.7. The van der Waals surface area contributed by atoms with Crippen molar-refractivity contribution in [3.63, 3.8) is 0 Å². The van der Waals surface area contributed by atoms with Crippen molar-refractivity contribution < 1.29 is 4.79 Å². The van der Waals surface area contributed by atoms with Crippen molar-refractivity contribution in [1.82, 2.24) is 0 Å². The summed E-state index contributed by atoms with van der Waals surface area (Å²) < 4.78 is -1.57. The van der Waals surface area contributed by atoms with E-state index in [0.29, 0.717) is 11.3 Å². The molecule has 0 spiro atoms. The van der Waals surface area contributed by atoms with Crippen molar-refractivity contribution in [2.24, 2.45) is 4.99 Å². The summed E-state index contributed by atoms with van der Waals surface area (Å²) in [5, 5.41) is 0. The van der Waals surface area contributed by atoms with Crippen molar-refractivity contribution in [2.75, 3.05) is 0 Å². The van der Waals surface area contributed by atoms with Gasteiger partial charge in [0.25, 0.3) is 0 Å². The van der Waals surface area contributed by atoms with Gasteiger partial charge in [0, 0.05) is 5.56 Å². The summed E-state index contributed by atoms with van der Waals surface area (Å²) in [6, 6.07) is 6.54. The third-order valence-corrected chi connectivity index (χ3v) is 1.99. The van der Waals surface area contributed by atoms with Crippen LogP contribution in [0, 0.1) is 0 Å². The quantitative estimate of drug-likeness (QED) is 0.417. The molecule has 0 N–H and O–H groups in total. The van der Waals surface area contributed by atoms with E-state index >= 15 is 0 Å². The van der Waals surface area contributed by atoms with Crippen molar-refractivity contribution in [3.8, 4) is 0 Å². The van der Waals surface area contributed by atoms with Gasteiger partial charge in [-0.3, -0.25) is 0 Å². The molecular formula is C8H4Cl3NO. The van der Waals surface area contributed by atoms with Crippen LogP contribution in [0.15, 0.2) is 29.3 Å². The molecule has 0 aliphatic heterocycles. The standard InChI is InChI=1S/C8H4Cl3NO/c9-8(10,11)6-3-1-2-4-7(6)12-5-13/h1-4H. The van der Waals surface area contributed by atoms with Gasteiger partial charge in [0.05, 0.1) is 5.69 Å². The molecule has 0 unspecified atom stereocenters. The molecule has 0 atom stereocenters. The minimum absolute atomic E-state index is 0.317. The van der Waals surface area contributed by atoms with Gasteiger partial charge in [-0.1, -0.05) is 53.0 Å². The lowest BCUT2D eigenvalue weighted by Crippen LogP contribution is -1.99. The Kier molecular flexibility index (Phi) is 3.34. The molecule has 0 heterocycles. The third kappa shape index (κ3) is 2.71. The van der Waals surface area contributed by atoms with Crippen LogP contribution in [0.5, 0.6) is 0 Å². The SMILES string of the molecule is O=C=Nc1ccccc1C(Cl)(Cl)Cl. The summed E-state index contributed by atoms with van der Waals surface area (Å²) in [4.78, 5) is 13.4. The Morgan fingerprint density at radius 1 is 1.23 bits per heavy atom. The van der Waals surface area contributed by atoms with Crippen LogP contribution in [0.3, 0.4) is 0 Å². The maximum atomic E-state index is 10.0. The predicted molar refractivity (Wildman–Crippen MR) is 53.5 cm³/mol. The van der Waals surface area contributed by atoms with Crippen LogP contribution >= 0.6 is 34.8 Å². The first-order valence-corrected chi connectivity index (χ1v) is 4.43. The molecule has 5 heteroatoms. The lowest BCUT2D eigenvalue weighted by molar-refractivity contribution is 0.565. The van der Waals surface area contributed by atoms with Gasteiger partial charge in [0.15, 0.2) is 0 Å². The summed E-state index contributed by atoms with van der Waals surface area (Å²) in [5.74, 6) is 0. The molecule has 68 valence electrons. The minimum Gasteiger partial charge on any atom is -0.211 e. The van der Waals surface area contributed by atoms with Gasteiger partial charge in [-0.25, -0.2) is 4.79 Å². The molecule has 0 aliphatic carbocycles. The molecule has 0 aliphatic rings. The van der Waals surface area contributed by atoms with Crippen LogP contribution in [-0.4, -0.2) is 6.08 Å². The summed E-state index contributed by atoms with van der Waals surface area (Å²) in [5.41, 5.74) is 0.681. The highest BCUT2D eigenvalue weighted by molar-refractivity contribution is 6.67. The smallest absolute Gasteiger partial charge is 0.211 e. The second kappa shape index (κ2) is 4.12. The highest BCUT2D eigenvalue weighted by Gasteiger charge is 2.25. The first-order valence-electron chi connectivity index (χ1n) is 3.30. The molecule has 0 amide bonds. The number of hydrogen-bond donors (Lipinski definition) is 0. The molecule has 0 saturated carbocycles. The number of para-hydroxylation sites is 1. The zero-order valence-electron chi connectivity index (χ0n) is 6.30. The van der Waals surface area contributed by atoms with E-state index in [-0.39, 0.29) is 0 Å². The van der Waals surface area contributed by atoms with Crippen LogP contribution in [-0.2, 0) is 8.59 Å². The van der Waals surface area contributed by atoms with E-state index in [1.54, 1.807) is 24.3 Å². The minimum atomic E-state index is -1.57. The highest BCUT2D eigenvalue weighted by Crippen LogP contribution is 2.42. The van der Waals surface area contributed by atoms with Gasteiger partial charge in [-0.15, -0.1) is 0 Å². The maximum absolute atomic E-state index is 10.0. The van der Waals surface area contributed by atoms with Crippen molar-refractivity contribution in [3.05, 3.63) is 29.8 Å². The van der Waals surface area contributed by atoms with Gasteiger partial charge in [0.2, 0.25) is 9.87 Å². The summed E-state index contributed by atoms with van der Waals surface area (Å²) >= 11 is 16.9. The van der Waals surface area contributed by atoms with Gasteiger partial charge in [-0.05, 0) is 6.07 Å². The maximum Gasteiger partial charge on any atom is 0.240 e. The van der Waals surface area contributed by atoms with Crippen molar-refractivity contribution >= 4 is 46.6 Å². The zero-order chi connectivity index (χ0) is 9.90. The Balaban J connectivity index is 3.27. The van der Waals surface area contributed by atoms with E-state index in [1.165, 1.54) is 6.08 Å². The molecule has 0 aromatic heterocycles. The Morgan fingerprint density at radius 2 is 1.85 bits per heavy atom. The van der Waals surface area contributed by atoms with Crippen LogP contribution in [0.2, 0.25) is 0 Å². The third-order valence-electron chi connectivity index (χ3n) is 1.38. The fraction of sp³-hybridized carbons (Fsp3) is 0.125. The molecule has 0 saturated heterocycles. The first kappa shape index (κ1) is 10.6. The fourth-order valence-corrected chi connectivity index (χ4v) is 1.34. The Hall–Kier alpha value is -0.530. The molecule has 13 heavy (non-hydrogen) atoms. The Morgan fingerprint density at radius 3 is 2.38 bits per heavy atom. The van der Waals surface area contributed by atoms with Crippen LogP contribution in [0.1, 0.15) is 5.56 Å². The number of rotatable bonds is 1. The lowest BCUT2D eigenvalue weighted by Gasteiger charge is -2.12. The van der Waals surface area contributed by atoms with Gasteiger partial charge in [0.1, 0.15) is 0 Å². The average molecular weight is 236 g/mol. The largest absolute Gasteiger partial charge is 0.240 e. The molecule has 0 bridgehead atoms. The Labute approximate surface area is 90.1 Å². The van der Waals surface area contributed by atoms with E-state index in [9.17, 15) is 4.79 Å². The summed E-state index contributed by atoms with van der Waals surface area (Å²) in [6.07, 6.45) is 1.40. The summed E-state index contributed by atoms with van der Waals surface area (Å²) in [6.45, 7) is 0. The van der Waals surface area contributed by atoms with E-state index in [4.69, 9.17) is 34.8 Å². The number of benzene rings is 1. The number of nitrogens with zero attached hydrogens (tertiary/aromatic N) is 1. The second-order valence-electron chi connectivity index (χ2n) is 2.22. The number of halogens is 3. The molecule has 1 aromatic rings. The van der Waals surface area contributed by atoms with E-state index < -0.39 is 3.79 Å². The topological polar surface area (TPSA) is 29.4 Å². The molecule has 2 nitrogen and oxygen atoms in total. The highest BCUT2D eigenvalue weighted by atomic mass is 35.6. The monoisotopic (exact) mass is 235 g/mol. The Bertz CT molecular complexity index is 353. The number of carbonyl (C=O) groups excluding carboxylic acids is 1. The van der Waals surface area contributed by atoms with Gasteiger partial charge >= 0.3 is 0 Å². The zero-order valence-corrected chi connectivity index (χ0v) is 8.57. The van der Waals surface area contributed by atoms with Crippen LogP contribution in [0.25, 0.3) is 0 Å². The molecule has 0 fully saturated rings. The number of hydrogen-bond acceptors (Lipinski definition) is 2. The van der Waals surface area contributed by atoms with Crippen LogP contribution < -0.4 is 0 Å². The molecular weight excluding hydrogens is 232 g/mol. The average Bonchev–Trinajstić information content (AvgIpc) is 2.04. The molecule has 0 radical (unpaired) electrons. The molecule has 1 rings (SSSR count). The van der Waals surface area contributed by atoms with Gasteiger partial charge in [-0.2, -0.15) is 4.99 Å². The number of isocyanates is 1. The van der Waals surface area contributed by atoms with Crippen LogP contribution in [0.4, 0.5) is 5.69 Å². The molecule has 1 aromatic carbocycles. The lowest BCUT2D eigenvalue weighted by atomic mass is 10.2. The fourth-order valence-electron chi connectivity index (χ4n) is 0.860. The number of alkyl halides is 3. The summed E-state index contributed by atoms with van der Waals surface area (Å²) in [7, 11) is 0. The van der Waals surface area contributed by atoms with Gasteiger partial charge < -0.3 is 0 Å². The van der Waals surface area contributed by atoms with Crippen molar-refractivity contribution in [1.29, 1.82) is 0 Å². The second-order valence-corrected chi connectivity index (χ2v) is 4.50. The number of aliphatic imine (C=N–C) groups is 1. The van der Waals surface area contributed by atoms with E-state index in [1.807, 2.05) is 0 Å². The predicted octanol–water partition coefficient (Wildman–Crippen LogP) is 3.48. The van der Waals surface area contributed by atoms with E-state index in [2.05, 4.69) is 4.99 Å². The first-order chi connectivity index (χ1) is 6.05. The van der Waals surface area contributed by atoms with E-state index in [0.717, 1.165) is 0 Å².